The molecule has 0 bridgehead atoms. The number of hydrogen-bond donors (Lipinski definition) is 2. The van der Waals surface area contributed by atoms with Crippen LogP contribution in [0.3, 0.4) is 0 Å². The van der Waals surface area contributed by atoms with Gasteiger partial charge in [-0.15, -0.1) is 0 Å². The molecule has 0 aromatic heterocycles. The smallest absolute Gasteiger partial charge is 0.260 e. The number of amides is 4. The summed E-state index contributed by atoms with van der Waals surface area (Å²) < 4.78 is 11.2. The molecule has 6 unspecified atom stereocenters. The average molecular weight is 726 g/mol. The third kappa shape index (κ3) is 5.05. The number of hydrazine groups is 1. The van der Waals surface area contributed by atoms with Gasteiger partial charge in [-0.3, -0.25) is 34.3 Å². The van der Waals surface area contributed by atoms with Gasteiger partial charge in [-0.2, -0.15) is 5.01 Å². The molecule has 2 saturated heterocycles. The van der Waals surface area contributed by atoms with Gasteiger partial charge in [0.15, 0.2) is 17.3 Å². The van der Waals surface area contributed by atoms with Crippen LogP contribution in [0.15, 0.2) is 103 Å². The number of anilines is 2. The Balaban J connectivity index is 1.33. The molecule has 0 radical (unpaired) electrons. The minimum atomic E-state index is -1.51. The molecule has 274 valence electrons. The molecule has 8 rings (SSSR count). The van der Waals surface area contributed by atoms with Crippen LogP contribution >= 0.6 is 0 Å². The van der Waals surface area contributed by atoms with Crippen LogP contribution in [-0.2, 0) is 24.6 Å². The lowest BCUT2D eigenvalue weighted by Gasteiger charge is -2.50. The van der Waals surface area contributed by atoms with E-state index in [-0.39, 0.29) is 41.8 Å². The van der Waals surface area contributed by atoms with E-state index in [4.69, 9.17) is 9.47 Å². The molecule has 4 aromatic rings. The molecule has 1 saturated carbocycles. The second kappa shape index (κ2) is 13.0. The van der Waals surface area contributed by atoms with Crippen molar-refractivity contribution >= 4 is 40.8 Å². The van der Waals surface area contributed by atoms with Gasteiger partial charge in [0.1, 0.15) is 0 Å². The maximum absolute atomic E-state index is 15.4. The summed E-state index contributed by atoms with van der Waals surface area (Å²) in [6.45, 7) is 3.39. The second-order valence-corrected chi connectivity index (χ2v) is 14.5. The Hall–Kier alpha value is -6.23. The quantitative estimate of drug-likeness (QED) is 0.125. The number of aryl methyl sites for hydroxylation is 1. The maximum Gasteiger partial charge on any atom is 0.260 e. The SMILES string of the molecule is COc1cc(C2C3=CCC4C(=O)N(c5ccc(C(C)=O)cc5)C(=O)C4C3CC3C(=O)N(Nc4ccc(C)cc4)C(=O)C32c2ccccc2)cc(OC)c1O. The van der Waals surface area contributed by atoms with Crippen molar-refractivity contribution in [2.45, 2.75) is 38.0 Å². The number of nitrogens with one attached hydrogen (secondary N) is 1. The van der Waals surface area contributed by atoms with Crippen molar-refractivity contribution in [3.05, 3.63) is 125 Å². The van der Waals surface area contributed by atoms with Crippen LogP contribution in [0.4, 0.5) is 11.4 Å². The summed E-state index contributed by atoms with van der Waals surface area (Å²) in [7, 11) is 2.83. The highest BCUT2D eigenvalue weighted by molar-refractivity contribution is 6.22. The van der Waals surface area contributed by atoms with Crippen molar-refractivity contribution in [1.29, 1.82) is 0 Å². The molecule has 4 amide bonds. The largest absolute Gasteiger partial charge is 0.502 e. The first-order valence-electron chi connectivity index (χ1n) is 17.9. The molecule has 2 aliphatic carbocycles. The lowest BCUT2D eigenvalue weighted by molar-refractivity contribution is -0.138. The normalized spacial score (nSPS) is 25.9. The predicted molar refractivity (Wildman–Crippen MR) is 199 cm³/mol. The summed E-state index contributed by atoms with van der Waals surface area (Å²) in [4.78, 5) is 72.2. The van der Waals surface area contributed by atoms with Crippen molar-refractivity contribution in [2.24, 2.45) is 23.7 Å². The predicted octanol–water partition coefficient (Wildman–Crippen LogP) is 6.11. The van der Waals surface area contributed by atoms with Crippen molar-refractivity contribution in [2.75, 3.05) is 24.5 Å². The van der Waals surface area contributed by atoms with E-state index < -0.39 is 52.7 Å². The Morgan fingerprint density at radius 2 is 1.48 bits per heavy atom. The average Bonchev–Trinajstić information content (AvgIpc) is 3.56. The Kier molecular flexibility index (Phi) is 8.39. The number of phenols is 1. The lowest BCUT2D eigenvalue weighted by atomic mass is 9.49. The summed E-state index contributed by atoms with van der Waals surface area (Å²) in [5, 5.41) is 12.1. The Morgan fingerprint density at radius 3 is 2.09 bits per heavy atom. The van der Waals surface area contributed by atoms with Crippen LogP contribution in [0.25, 0.3) is 0 Å². The van der Waals surface area contributed by atoms with Gasteiger partial charge in [0, 0.05) is 11.5 Å². The van der Waals surface area contributed by atoms with Crippen molar-refractivity contribution < 1.29 is 38.6 Å². The fraction of sp³-hybridized carbons (Fsp3) is 0.279. The number of carbonyl (C=O) groups excluding carboxylic acids is 5. The highest BCUT2D eigenvalue weighted by Crippen LogP contribution is 2.65. The standard InChI is InChI=1S/C43H39N3O8/c1-23-10-14-28(15-11-23)44-46-40(50)33-22-32-30(18-19-31-36(32)41(51)45(39(31)49)29-16-12-25(13-17-29)24(2)47)37(26-20-34(53-3)38(48)35(21-26)54-4)43(33,42(46)52)27-8-6-5-7-9-27/h5-18,20-21,31-33,36-37,44,48H,19,22H2,1-4H3. The van der Waals surface area contributed by atoms with Gasteiger partial charge < -0.3 is 14.6 Å². The Bertz CT molecular complexity index is 2230. The van der Waals surface area contributed by atoms with Gasteiger partial charge in [-0.1, -0.05) is 59.7 Å². The van der Waals surface area contributed by atoms with E-state index in [0.717, 1.165) is 16.1 Å². The highest BCUT2D eigenvalue weighted by Gasteiger charge is 2.70. The van der Waals surface area contributed by atoms with Gasteiger partial charge in [-0.25, -0.2) is 0 Å². The highest BCUT2D eigenvalue weighted by atomic mass is 16.5. The molecule has 11 heteroatoms. The first-order chi connectivity index (χ1) is 26.0. The summed E-state index contributed by atoms with van der Waals surface area (Å²) >= 11 is 0. The first-order valence-corrected chi connectivity index (χ1v) is 17.9. The molecular weight excluding hydrogens is 686 g/mol. The molecule has 11 nitrogen and oxygen atoms in total. The van der Waals surface area contributed by atoms with Gasteiger partial charge in [0.2, 0.25) is 17.6 Å². The van der Waals surface area contributed by atoms with E-state index in [1.807, 2.05) is 55.5 Å². The minimum absolute atomic E-state index is 0.110. The van der Waals surface area contributed by atoms with E-state index in [1.165, 1.54) is 26.0 Å². The third-order valence-electron chi connectivity index (χ3n) is 11.8. The maximum atomic E-state index is 15.4. The van der Waals surface area contributed by atoms with E-state index in [2.05, 4.69) is 5.43 Å². The molecule has 4 aliphatic rings. The number of methoxy groups -OCH3 is 2. The topological polar surface area (TPSA) is 143 Å². The number of Topliss-reactive ketones (excluding diaryl/α,β-unsaturated/α-hetero) is 1. The first kappa shape index (κ1) is 34.8. The third-order valence-corrected chi connectivity index (χ3v) is 11.8. The van der Waals surface area contributed by atoms with Crippen molar-refractivity contribution in [1.82, 2.24) is 5.01 Å². The van der Waals surface area contributed by atoms with Gasteiger partial charge in [-0.05, 0) is 92.3 Å². The van der Waals surface area contributed by atoms with Crippen LogP contribution in [-0.4, -0.2) is 53.7 Å². The molecule has 2 aliphatic heterocycles. The number of hydrogen-bond acceptors (Lipinski definition) is 9. The number of rotatable bonds is 8. The number of imide groups is 2. The molecule has 2 N–H and O–H groups in total. The van der Waals surface area contributed by atoms with E-state index in [9.17, 15) is 24.3 Å². The summed E-state index contributed by atoms with van der Waals surface area (Å²) in [5.41, 5.74) is 5.88. The summed E-state index contributed by atoms with van der Waals surface area (Å²) in [6, 6.07) is 26.3. The van der Waals surface area contributed by atoms with Crippen LogP contribution < -0.4 is 19.8 Å². The zero-order valence-corrected chi connectivity index (χ0v) is 30.2. The van der Waals surface area contributed by atoms with E-state index in [0.29, 0.717) is 28.1 Å². The molecule has 0 spiro atoms. The van der Waals surface area contributed by atoms with Crippen LogP contribution in [0, 0.1) is 30.6 Å². The van der Waals surface area contributed by atoms with Crippen LogP contribution in [0.2, 0.25) is 0 Å². The number of aromatic hydroxyl groups is 1. The number of nitrogens with zero attached hydrogens (tertiary/aromatic N) is 2. The molecule has 2 heterocycles. The molecular formula is C43H39N3O8. The minimum Gasteiger partial charge on any atom is -0.502 e. The zero-order valence-electron chi connectivity index (χ0n) is 30.2. The monoisotopic (exact) mass is 725 g/mol. The second-order valence-electron chi connectivity index (χ2n) is 14.5. The van der Waals surface area contributed by atoms with Crippen LogP contribution in [0.1, 0.15) is 52.7 Å². The fourth-order valence-corrected chi connectivity index (χ4v) is 9.30. The number of benzene rings is 4. The number of allylic oxidation sites excluding steroid dienone is 2. The number of ketones is 1. The summed E-state index contributed by atoms with van der Waals surface area (Å²) in [6.07, 6.45) is 2.32. The molecule has 6 atom stereocenters. The molecule has 54 heavy (non-hydrogen) atoms. The van der Waals surface area contributed by atoms with Gasteiger partial charge >= 0.3 is 0 Å². The molecule has 4 aromatic carbocycles. The Morgan fingerprint density at radius 1 is 0.833 bits per heavy atom. The summed E-state index contributed by atoms with van der Waals surface area (Å²) in [5.74, 6) is -5.73. The van der Waals surface area contributed by atoms with Gasteiger partial charge in [0.25, 0.3) is 11.8 Å². The fourth-order valence-electron chi connectivity index (χ4n) is 9.30. The van der Waals surface area contributed by atoms with E-state index in [1.54, 1.807) is 48.5 Å². The Labute approximate surface area is 312 Å². The number of fused-ring (bicyclic) bond motifs is 4. The van der Waals surface area contributed by atoms with E-state index >= 15 is 4.79 Å². The number of phenolic OH excluding ortho intramolecular Hbond substituents is 1. The van der Waals surface area contributed by atoms with Crippen molar-refractivity contribution in [3.63, 3.8) is 0 Å². The molecule has 3 fully saturated rings. The number of carbonyl (C=O) groups is 5. The lowest BCUT2D eigenvalue weighted by Crippen LogP contribution is -2.53. The number of ether oxygens (including phenoxy) is 2. The van der Waals surface area contributed by atoms with Crippen molar-refractivity contribution in [3.8, 4) is 17.2 Å². The zero-order chi connectivity index (χ0) is 38.1. The van der Waals surface area contributed by atoms with Gasteiger partial charge in [0.05, 0.1) is 48.8 Å². The van der Waals surface area contributed by atoms with Crippen LogP contribution in [0.5, 0.6) is 17.2 Å².